The first kappa shape index (κ1) is 17.9. The Morgan fingerprint density at radius 3 is 2.75 bits per heavy atom. The summed E-state index contributed by atoms with van der Waals surface area (Å²) >= 11 is 0. The van der Waals surface area contributed by atoms with Crippen LogP contribution in [-0.2, 0) is 9.59 Å². The summed E-state index contributed by atoms with van der Waals surface area (Å²) in [7, 11) is 4.96. The van der Waals surface area contributed by atoms with E-state index < -0.39 is 6.04 Å². The summed E-state index contributed by atoms with van der Waals surface area (Å²) in [5, 5.41) is 5.63. The Labute approximate surface area is 142 Å². The van der Waals surface area contributed by atoms with Gasteiger partial charge in [-0.25, -0.2) is 0 Å². The SMILES string of the molecule is COc1ccc(N(C)CC(=O)N[C@H]2CCCCNC2=O)cc1OC. The van der Waals surface area contributed by atoms with Gasteiger partial charge in [0.15, 0.2) is 11.5 Å². The summed E-state index contributed by atoms with van der Waals surface area (Å²) < 4.78 is 10.5. The van der Waals surface area contributed by atoms with Gasteiger partial charge in [0.1, 0.15) is 6.04 Å². The Hall–Kier alpha value is -2.44. The van der Waals surface area contributed by atoms with Gasteiger partial charge in [-0.2, -0.15) is 0 Å². The molecular weight excluding hydrogens is 310 g/mol. The van der Waals surface area contributed by atoms with Gasteiger partial charge in [-0.05, 0) is 31.4 Å². The summed E-state index contributed by atoms with van der Waals surface area (Å²) in [4.78, 5) is 25.9. The molecule has 2 amide bonds. The third kappa shape index (κ3) is 4.53. The lowest BCUT2D eigenvalue weighted by atomic mass is 10.1. The zero-order valence-electron chi connectivity index (χ0n) is 14.4. The van der Waals surface area contributed by atoms with E-state index in [0.717, 1.165) is 18.5 Å². The van der Waals surface area contributed by atoms with Crippen molar-refractivity contribution in [3.8, 4) is 11.5 Å². The first-order valence-electron chi connectivity index (χ1n) is 8.05. The smallest absolute Gasteiger partial charge is 0.242 e. The minimum atomic E-state index is -0.446. The number of benzene rings is 1. The van der Waals surface area contributed by atoms with E-state index in [2.05, 4.69) is 10.6 Å². The predicted octanol–water partition coefficient (Wildman–Crippen LogP) is 0.925. The standard InChI is InChI=1S/C17H25N3O4/c1-20(12-7-8-14(23-2)15(10-12)24-3)11-16(21)19-13-6-4-5-9-18-17(13)22/h7-8,10,13H,4-6,9,11H2,1-3H3,(H,18,22)(H,19,21)/t13-/m0/s1. The Balaban J connectivity index is 1.97. The maximum atomic E-state index is 12.2. The quantitative estimate of drug-likeness (QED) is 0.808. The molecule has 0 bridgehead atoms. The molecule has 0 saturated carbocycles. The average molecular weight is 335 g/mol. The molecule has 1 aliphatic heterocycles. The fraction of sp³-hybridized carbons (Fsp3) is 0.529. The Morgan fingerprint density at radius 1 is 1.29 bits per heavy atom. The molecule has 1 aromatic rings. The van der Waals surface area contributed by atoms with Gasteiger partial charge in [-0.15, -0.1) is 0 Å². The number of carbonyl (C=O) groups is 2. The van der Waals surface area contributed by atoms with Crippen LogP contribution in [0.15, 0.2) is 18.2 Å². The number of carbonyl (C=O) groups excluding carboxylic acids is 2. The Kier molecular flexibility index (Phi) is 6.28. The second-order valence-corrected chi connectivity index (χ2v) is 5.80. The highest BCUT2D eigenvalue weighted by atomic mass is 16.5. The molecule has 7 nitrogen and oxygen atoms in total. The van der Waals surface area contributed by atoms with Crippen LogP contribution in [0.3, 0.4) is 0 Å². The first-order chi connectivity index (χ1) is 11.5. The lowest BCUT2D eigenvalue weighted by Gasteiger charge is -2.22. The molecule has 1 fully saturated rings. The maximum absolute atomic E-state index is 12.2. The largest absolute Gasteiger partial charge is 0.493 e. The molecule has 1 atom stereocenters. The van der Waals surface area contributed by atoms with Gasteiger partial charge < -0.3 is 25.0 Å². The van der Waals surface area contributed by atoms with E-state index in [1.807, 2.05) is 19.2 Å². The molecule has 0 aromatic heterocycles. The Morgan fingerprint density at radius 2 is 2.04 bits per heavy atom. The van der Waals surface area contributed by atoms with Gasteiger partial charge in [0.2, 0.25) is 11.8 Å². The molecule has 0 unspecified atom stereocenters. The molecule has 2 N–H and O–H groups in total. The first-order valence-corrected chi connectivity index (χ1v) is 8.05. The number of ether oxygens (including phenoxy) is 2. The van der Waals surface area contributed by atoms with Crippen LogP contribution in [0, 0.1) is 0 Å². The van der Waals surface area contributed by atoms with Crippen LogP contribution in [0.5, 0.6) is 11.5 Å². The molecule has 0 spiro atoms. The van der Waals surface area contributed by atoms with Gasteiger partial charge in [0, 0.05) is 25.3 Å². The normalized spacial score (nSPS) is 17.5. The molecule has 132 valence electrons. The highest BCUT2D eigenvalue weighted by molar-refractivity contribution is 5.89. The fourth-order valence-electron chi connectivity index (χ4n) is 2.69. The van der Waals surface area contributed by atoms with Gasteiger partial charge in [-0.3, -0.25) is 9.59 Å². The number of methoxy groups -OCH3 is 2. The van der Waals surface area contributed by atoms with Crippen molar-refractivity contribution in [2.24, 2.45) is 0 Å². The molecule has 2 rings (SSSR count). The molecule has 1 heterocycles. The van der Waals surface area contributed by atoms with Crippen LogP contribution in [0.1, 0.15) is 19.3 Å². The lowest BCUT2D eigenvalue weighted by Crippen LogP contribution is -2.48. The van der Waals surface area contributed by atoms with Crippen LogP contribution in [-0.4, -0.2) is 52.2 Å². The highest BCUT2D eigenvalue weighted by Crippen LogP contribution is 2.30. The number of anilines is 1. The number of nitrogens with zero attached hydrogens (tertiary/aromatic N) is 1. The summed E-state index contributed by atoms with van der Waals surface area (Å²) in [5.74, 6) is 0.948. The zero-order chi connectivity index (χ0) is 17.5. The highest BCUT2D eigenvalue weighted by Gasteiger charge is 2.22. The van der Waals surface area contributed by atoms with E-state index >= 15 is 0 Å². The number of hydrogen-bond donors (Lipinski definition) is 2. The number of hydrogen-bond acceptors (Lipinski definition) is 5. The van der Waals surface area contributed by atoms with Crippen LogP contribution in [0.2, 0.25) is 0 Å². The van der Waals surface area contributed by atoms with Crippen molar-refractivity contribution < 1.29 is 19.1 Å². The Bertz CT molecular complexity index is 591. The fourth-order valence-corrected chi connectivity index (χ4v) is 2.69. The van der Waals surface area contributed by atoms with Crippen molar-refractivity contribution in [1.29, 1.82) is 0 Å². The van der Waals surface area contributed by atoms with Crippen molar-refractivity contribution in [2.75, 3.05) is 39.3 Å². The van der Waals surface area contributed by atoms with Gasteiger partial charge in [0.25, 0.3) is 0 Å². The van der Waals surface area contributed by atoms with Gasteiger partial charge in [-0.1, -0.05) is 0 Å². The van der Waals surface area contributed by atoms with E-state index in [0.29, 0.717) is 24.5 Å². The van der Waals surface area contributed by atoms with E-state index in [1.165, 1.54) is 0 Å². The molecule has 0 radical (unpaired) electrons. The average Bonchev–Trinajstić information content (AvgIpc) is 2.78. The summed E-state index contributed by atoms with van der Waals surface area (Å²) in [6.45, 7) is 0.829. The molecule has 1 saturated heterocycles. The summed E-state index contributed by atoms with van der Waals surface area (Å²) in [6, 6.07) is 5.01. The van der Waals surface area contributed by atoms with Crippen molar-refractivity contribution >= 4 is 17.5 Å². The van der Waals surface area contributed by atoms with E-state index in [1.54, 1.807) is 25.2 Å². The lowest BCUT2D eigenvalue weighted by molar-refractivity contribution is -0.128. The minimum absolute atomic E-state index is 0.102. The van der Waals surface area contributed by atoms with Crippen molar-refractivity contribution in [1.82, 2.24) is 10.6 Å². The van der Waals surface area contributed by atoms with E-state index in [4.69, 9.17) is 9.47 Å². The molecule has 0 aliphatic carbocycles. The third-order valence-electron chi connectivity index (χ3n) is 4.06. The maximum Gasteiger partial charge on any atom is 0.242 e. The second kappa shape index (κ2) is 8.42. The van der Waals surface area contributed by atoms with Crippen molar-refractivity contribution in [2.45, 2.75) is 25.3 Å². The second-order valence-electron chi connectivity index (χ2n) is 5.80. The molecule has 1 aromatic carbocycles. The summed E-state index contributed by atoms with van der Waals surface area (Å²) in [6.07, 6.45) is 2.55. The molecular formula is C17H25N3O4. The third-order valence-corrected chi connectivity index (χ3v) is 4.06. The number of amides is 2. The van der Waals surface area contributed by atoms with E-state index in [-0.39, 0.29) is 18.4 Å². The van der Waals surface area contributed by atoms with Gasteiger partial charge in [0.05, 0.1) is 20.8 Å². The monoisotopic (exact) mass is 335 g/mol. The van der Waals surface area contributed by atoms with Crippen molar-refractivity contribution in [3.63, 3.8) is 0 Å². The summed E-state index contributed by atoms with van der Waals surface area (Å²) in [5.41, 5.74) is 0.827. The van der Waals surface area contributed by atoms with Crippen LogP contribution in [0.4, 0.5) is 5.69 Å². The topological polar surface area (TPSA) is 79.9 Å². The van der Waals surface area contributed by atoms with Gasteiger partial charge >= 0.3 is 0 Å². The molecule has 7 heteroatoms. The number of nitrogens with one attached hydrogen (secondary N) is 2. The van der Waals surface area contributed by atoms with Crippen LogP contribution >= 0.6 is 0 Å². The molecule has 1 aliphatic rings. The van der Waals surface area contributed by atoms with Crippen LogP contribution < -0.4 is 25.0 Å². The number of likely N-dealkylation sites (N-methyl/N-ethyl adjacent to an activating group) is 1. The number of rotatable bonds is 6. The molecule has 24 heavy (non-hydrogen) atoms. The minimum Gasteiger partial charge on any atom is -0.493 e. The van der Waals surface area contributed by atoms with Crippen LogP contribution in [0.25, 0.3) is 0 Å². The van der Waals surface area contributed by atoms with E-state index in [9.17, 15) is 9.59 Å². The predicted molar refractivity (Wildman–Crippen MR) is 91.6 cm³/mol. The zero-order valence-corrected chi connectivity index (χ0v) is 14.4. The van der Waals surface area contributed by atoms with Crippen molar-refractivity contribution in [3.05, 3.63) is 18.2 Å².